The van der Waals surface area contributed by atoms with E-state index in [1.165, 1.54) is 0 Å². The van der Waals surface area contributed by atoms with Gasteiger partial charge in [-0.3, -0.25) is 0 Å². The zero-order valence-corrected chi connectivity index (χ0v) is 10.5. The highest BCUT2D eigenvalue weighted by Gasteiger charge is 2.12. The van der Waals surface area contributed by atoms with Gasteiger partial charge in [0.1, 0.15) is 5.82 Å². The minimum atomic E-state index is 0.413. The Balaban J connectivity index is 3.00. The average molecular weight is 223 g/mol. The Hall–Kier alpha value is -1.45. The molecule has 0 spiro atoms. The molecule has 4 heteroatoms. The summed E-state index contributed by atoms with van der Waals surface area (Å²) in [6, 6.07) is 4.19. The quantitative estimate of drug-likeness (QED) is 0.832. The first kappa shape index (κ1) is 12.6. The largest absolute Gasteiger partial charge is 0.476 e. The number of ether oxygens (including phenoxy) is 1. The number of aromatic nitrogens is 1. The second-order valence-electron chi connectivity index (χ2n) is 3.88. The van der Waals surface area contributed by atoms with Crippen LogP contribution in [0.25, 0.3) is 0 Å². The van der Waals surface area contributed by atoms with E-state index >= 15 is 0 Å². The average Bonchev–Trinajstić information content (AvgIpc) is 2.23. The SMILES string of the molecule is CCOc1nc(N(CC)C(C)C)ccc1N. The van der Waals surface area contributed by atoms with Crippen LogP contribution in [0.15, 0.2) is 12.1 Å². The van der Waals surface area contributed by atoms with Gasteiger partial charge in [0, 0.05) is 12.6 Å². The molecular formula is C12H21N3O. The third-order valence-electron chi connectivity index (χ3n) is 2.41. The molecule has 0 radical (unpaired) electrons. The number of pyridine rings is 1. The molecular weight excluding hydrogens is 202 g/mol. The van der Waals surface area contributed by atoms with Gasteiger partial charge in [-0.1, -0.05) is 0 Å². The monoisotopic (exact) mass is 223 g/mol. The van der Waals surface area contributed by atoms with Crippen molar-refractivity contribution in [2.75, 3.05) is 23.8 Å². The Labute approximate surface area is 97.4 Å². The first-order valence-electron chi connectivity index (χ1n) is 5.76. The van der Waals surface area contributed by atoms with Crippen molar-refractivity contribution in [2.45, 2.75) is 33.7 Å². The predicted molar refractivity (Wildman–Crippen MR) is 68.0 cm³/mol. The van der Waals surface area contributed by atoms with Crippen LogP contribution in [0.3, 0.4) is 0 Å². The van der Waals surface area contributed by atoms with Gasteiger partial charge in [-0.15, -0.1) is 0 Å². The number of anilines is 2. The lowest BCUT2D eigenvalue weighted by atomic mass is 10.3. The van der Waals surface area contributed by atoms with Gasteiger partial charge in [0.15, 0.2) is 0 Å². The Bertz CT molecular complexity index is 339. The summed E-state index contributed by atoms with van der Waals surface area (Å²) in [7, 11) is 0. The molecule has 0 unspecified atom stereocenters. The molecule has 0 bridgehead atoms. The van der Waals surface area contributed by atoms with Crippen molar-refractivity contribution in [3.05, 3.63) is 12.1 Å². The molecule has 0 amide bonds. The van der Waals surface area contributed by atoms with Crippen molar-refractivity contribution < 1.29 is 4.74 Å². The molecule has 0 aliphatic carbocycles. The maximum atomic E-state index is 5.79. The van der Waals surface area contributed by atoms with E-state index in [4.69, 9.17) is 10.5 Å². The van der Waals surface area contributed by atoms with Gasteiger partial charge in [-0.2, -0.15) is 4.98 Å². The van der Waals surface area contributed by atoms with Crippen molar-refractivity contribution in [1.82, 2.24) is 4.98 Å². The van der Waals surface area contributed by atoms with Crippen molar-refractivity contribution in [3.8, 4) is 5.88 Å². The highest BCUT2D eigenvalue weighted by atomic mass is 16.5. The molecule has 0 atom stereocenters. The lowest BCUT2D eigenvalue weighted by Gasteiger charge is -2.26. The summed E-state index contributed by atoms with van der Waals surface area (Å²) in [4.78, 5) is 6.63. The number of hydrogen-bond donors (Lipinski definition) is 1. The maximum Gasteiger partial charge on any atom is 0.239 e. The molecule has 0 aromatic carbocycles. The lowest BCUT2D eigenvalue weighted by molar-refractivity contribution is 0.329. The zero-order chi connectivity index (χ0) is 12.1. The fourth-order valence-corrected chi connectivity index (χ4v) is 1.65. The van der Waals surface area contributed by atoms with Crippen molar-refractivity contribution >= 4 is 11.5 Å². The third kappa shape index (κ3) is 2.78. The van der Waals surface area contributed by atoms with E-state index in [0.717, 1.165) is 12.4 Å². The minimum absolute atomic E-state index is 0.413. The third-order valence-corrected chi connectivity index (χ3v) is 2.41. The molecule has 0 fully saturated rings. The molecule has 2 N–H and O–H groups in total. The number of nitrogen functional groups attached to an aromatic ring is 1. The molecule has 1 heterocycles. The summed E-state index contributed by atoms with van der Waals surface area (Å²) in [5.41, 5.74) is 6.38. The van der Waals surface area contributed by atoms with Crippen LogP contribution in [0, 0.1) is 0 Å². The summed E-state index contributed by atoms with van der Waals surface area (Å²) in [6.45, 7) is 9.81. The van der Waals surface area contributed by atoms with Crippen LogP contribution in [0.4, 0.5) is 11.5 Å². The van der Waals surface area contributed by atoms with Gasteiger partial charge in [-0.25, -0.2) is 0 Å². The van der Waals surface area contributed by atoms with Crippen LogP contribution in [0.1, 0.15) is 27.7 Å². The lowest BCUT2D eigenvalue weighted by Crippen LogP contribution is -2.31. The molecule has 1 aromatic rings. The van der Waals surface area contributed by atoms with Crippen LogP contribution in [-0.4, -0.2) is 24.2 Å². The highest BCUT2D eigenvalue weighted by Crippen LogP contribution is 2.24. The molecule has 0 saturated carbocycles. The number of nitrogens with zero attached hydrogens (tertiary/aromatic N) is 2. The normalized spacial score (nSPS) is 10.6. The van der Waals surface area contributed by atoms with Gasteiger partial charge in [-0.05, 0) is 39.8 Å². The van der Waals surface area contributed by atoms with Crippen LogP contribution >= 0.6 is 0 Å². The van der Waals surface area contributed by atoms with Crippen LogP contribution in [-0.2, 0) is 0 Å². The summed E-state index contributed by atoms with van der Waals surface area (Å²) in [5, 5.41) is 0. The molecule has 0 aliphatic rings. The van der Waals surface area contributed by atoms with Crippen LogP contribution < -0.4 is 15.4 Å². The molecule has 16 heavy (non-hydrogen) atoms. The maximum absolute atomic E-state index is 5.79. The summed E-state index contributed by atoms with van der Waals surface area (Å²) >= 11 is 0. The van der Waals surface area contributed by atoms with Crippen molar-refractivity contribution in [1.29, 1.82) is 0 Å². The smallest absolute Gasteiger partial charge is 0.239 e. The first-order valence-corrected chi connectivity index (χ1v) is 5.76. The summed E-state index contributed by atoms with van der Waals surface area (Å²) in [6.07, 6.45) is 0. The predicted octanol–water partition coefficient (Wildman–Crippen LogP) is 2.30. The number of hydrogen-bond acceptors (Lipinski definition) is 4. The van der Waals surface area contributed by atoms with E-state index in [0.29, 0.717) is 24.2 Å². The summed E-state index contributed by atoms with van der Waals surface area (Å²) in [5.74, 6) is 1.44. The Kier molecular flexibility index (Phi) is 4.40. The second kappa shape index (κ2) is 5.58. The highest BCUT2D eigenvalue weighted by molar-refractivity contribution is 5.54. The standard InChI is InChI=1S/C12H21N3O/c1-5-15(9(3)4)11-8-7-10(13)12(14-11)16-6-2/h7-9H,5-6,13H2,1-4H3. The van der Waals surface area contributed by atoms with E-state index in [1.807, 2.05) is 19.1 Å². The molecule has 90 valence electrons. The van der Waals surface area contributed by atoms with E-state index in [1.54, 1.807) is 0 Å². The molecule has 0 aliphatic heterocycles. The second-order valence-corrected chi connectivity index (χ2v) is 3.88. The fraction of sp³-hybridized carbons (Fsp3) is 0.583. The summed E-state index contributed by atoms with van der Waals surface area (Å²) < 4.78 is 5.39. The Morgan fingerprint density at radius 3 is 2.56 bits per heavy atom. The van der Waals surface area contributed by atoms with Gasteiger partial charge < -0.3 is 15.4 Å². The van der Waals surface area contributed by atoms with E-state index < -0.39 is 0 Å². The number of nitrogens with two attached hydrogens (primary N) is 1. The molecule has 1 aromatic heterocycles. The molecule has 1 rings (SSSR count). The van der Waals surface area contributed by atoms with Crippen molar-refractivity contribution in [2.24, 2.45) is 0 Å². The fourth-order valence-electron chi connectivity index (χ4n) is 1.65. The van der Waals surface area contributed by atoms with Gasteiger partial charge in [0.2, 0.25) is 5.88 Å². The molecule has 0 saturated heterocycles. The number of rotatable bonds is 5. The van der Waals surface area contributed by atoms with Gasteiger partial charge >= 0.3 is 0 Å². The minimum Gasteiger partial charge on any atom is -0.476 e. The Morgan fingerprint density at radius 2 is 2.06 bits per heavy atom. The topological polar surface area (TPSA) is 51.4 Å². The zero-order valence-electron chi connectivity index (χ0n) is 10.5. The van der Waals surface area contributed by atoms with Gasteiger partial charge in [0.05, 0.1) is 12.3 Å². The van der Waals surface area contributed by atoms with Crippen molar-refractivity contribution in [3.63, 3.8) is 0 Å². The van der Waals surface area contributed by atoms with Gasteiger partial charge in [0.25, 0.3) is 0 Å². The van der Waals surface area contributed by atoms with E-state index in [2.05, 4.69) is 30.7 Å². The van der Waals surface area contributed by atoms with E-state index in [-0.39, 0.29) is 0 Å². The molecule has 4 nitrogen and oxygen atoms in total. The Morgan fingerprint density at radius 1 is 1.38 bits per heavy atom. The first-order chi connectivity index (χ1) is 7.60. The van der Waals surface area contributed by atoms with Crippen LogP contribution in [0.2, 0.25) is 0 Å². The van der Waals surface area contributed by atoms with E-state index in [9.17, 15) is 0 Å². The van der Waals surface area contributed by atoms with Crippen LogP contribution in [0.5, 0.6) is 5.88 Å².